The highest BCUT2D eigenvalue weighted by atomic mass is 32.1. The van der Waals surface area contributed by atoms with Crippen LogP contribution in [0.1, 0.15) is 60.9 Å². The number of fused-ring (bicyclic) bond motifs is 1. The van der Waals surface area contributed by atoms with E-state index in [0.29, 0.717) is 62.1 Å². The van der Waals surface area contributed by atoms with Gasteiger partial charge in [-0.1, -0.05) is 6.07 Å². The molecule has 1 fully saturated rings. The number of aliphatic imine (C=N–C) groups is 1. The molecule has 3 aliphatic rings. The average Bonchev–Trinajstić information content (AvgIpc) is 2.99. The number of primary amides is 1. The number of carbonyl (C=O) groups excluding carboxylic acids is 3. The molecule has 1 heterocycles. The van der Waals surface area contributed by atoms with E-state index in [2.05, 4.69) is 20.9 Å². The summed E-state index contributed by atoms with van der Waals surface area (Å²) in [6.07, 6.45) is 2.74. The number of allylic oxidation sites excluding steroid dienone is 4. The molecule has 1 unspecified atom stereocenters. The molecule has 1 saturated carbocycles. The molecule has 1 aliphatic heterocycles. The first-order valence-electron chi connectivity index (χ1n) is 14.6. The predicted octanol–water partition coefficient (Wildman–Crippen LogP) is 1.70. The quantitative estimate of drug-likeness (QED) is 0.0691. The van der Waals surface area contributed by atoms with Gasteiger partial charge < -0.3 is 52.8 Å². The van der Waals surface area contributed by atoms with Gasteiger partial charge in [0.25, 0.3) is 0 Å². The molecule has 2 aliphatic carbocycles. The van der Waals surface area contributed by atoms with Gasteiger partial charge in [-0.05, 0) is 66.7 Å². The number of nitrogens with two attached hydrogens (primary N) is 3. The lowest BCUT2D eigenvalue weighted by molar-refractivity contribution is -0.122. The lowest BCUT2D eigenvalue weighted by Crippen LogP contribution is -2.45. The van der Waals surface area contributed by atoms with E-state index in [9.17, 15) is 29.4 Å². The van der Waals surface area contributed by atoms with E-state index in [1.807, 2.05) is 0 Å². The van der Waals surface area contributed by atoms with Crippen molar-refractivity contribution in [3.05, 3.63) is 58.1 Å². The molecule has 11 N–H and O–H groups in total. The van der Waals surface area contributed by atoms with Crippen molar-refractivity contribution in [1.82, 2.24) is 10.6 Å². The molecule has 0 spiro atoms. The Balaban J connectivity index is 1.45. The molecule has 246 valence electrons. The number of anilines is 1. The number of nitrogens with zero attached hydrogens (tertiary/aromatic N) is 1. The van der Waals surface area contributed by atoms with Gasteiger partial charge in [0, 0.05) is 43.1 Å². The molecule has 2 atom stereocenters. The zero-order valence-corrected chi connectivity index (χ0v) is 25.8. The van der Waals surface area contributed by atoms with Crippen molar-refractivity contribution in [2.45, 2.75) is 57.1 Å². The lowest BCUT2D eigenvalue weighted by Gasteiger charge is -2.36. The minimum absolute atomic E-state index is 0.00855. The van der Waals surface area contributed by atoms with Gasteiger partial charge >= 0.3 is 12.1 Å². The van der Waals surface area contributed by atoms with Crippen LogP contribution in [0.5, 0.6) is 0 Å². The number of rotatable bonds is 12. The zero-order chi connectivity index (χ0) is 33.4. The van der Waals surface area contributed by atoms with Gasteiger partial charge in [0.05, 0.1) is 23.9 Å². The van der Waals surface area contributed by atoms with Gasteiger partial charge in [0.1, 0.15) is 24.3 Å². The van der Waals surface area contributed by atoms with Gasteiger partial charge in [-0.3, -0.25) is 14.6 Å². The highest BCUT2D eigenvalue weighted by Crippen LogP contribution is 2.46. The van der Waals surface area contributed by atoms with E-state index in [1.54, 1.807) is 12.1 Å². The number of nitrogens with one attached hydrogen (secondary N) is 3. The minimum Gasteiger partial charge on any atom is -0.512 e. The number of ether oxygens (including phenoxy) is 2. The number of guanidine groups is 1. The Morgan fingerprint density at radius 2 is 1.93 bits per heavy atom. The van der Waals surface area contributed by atoms with Crippen LogP contribution in [0.25, 0.3) is 5.57 Å². The maximum atomic E-state index is 12.6. The first kappa shape index (κ1) is 33.8. The molecule has 1 aromatic carbocycles. The van der Waals surface area contributed by atoms with Crippen molar-refractivity contribution in [2.24, 2.45) is 22.2 Å². The second-order valence-electron chi connectivity index (χ2n) is 10.9. The van der Waals surface area contributed by atoms with Crippen LogP contribution in [0.3, 0.4) is 0 Å². The van der Waals surface area contributed by atoms with Crippen LogP contribution in [0, 0.1) is 0 Å². The van der Waals surface area contributed by atoms with Crippen molar-refractivity contribution >= 4 is 58.3 Å². The fourth-order valence-electron chi connectivity index (χ4n) is 5.55. The number of hydrogen-bond donors (Lipinski definition) is 8. The van der Waals surface area contributed by atoms with Gasteiger partial charge in [-0.2, -0.15) is 0 Å². The van der Waals surface area contributed by atoms with E-state index in [-0.39, 0.29) is 47.8 Å². The highest BCUT2D eigenvalue weighted by molar-refractivity contribution is 7.80. The largest absolute Gasteiger partial charge is 0.512 e. The van der Waals surface area contributed by atoms with Crippen LogP contribution < -0.4 is 33.2 Å². The maximum absolute atomic E-state index is 12.6. The second-order valence-corrected chi connectivity index (χ2v) is 11.4. The molecule has 46 heavy (non-hydrogen) atoms. The van der Waals surface area contributed by atoms with Gasteiger partial charge in [-0.25, -0.2) is 9.59 Å². The fourth-order valence-corrected chi connectivity index (χ4v) is 5.74. The van der Waals surface area contributed by atoms with Crippen LogP contribution in [-0.2, 0) is 19.1 Å². The third kappa shape index (κ3) is 8.97. The smallest absolute Gasteiger partial charge is 0.404 e. The molecule has 0 bridgehead atoms. The zero-order valence-electron chi connectivity index (χ0n) is 25.0. The number of ketones is 1. The maximum Gasteiger partial charge on any atom is 0.404 e. The molecule has 2 amide bonds. The third-order valence-corrected chi connectivity index (χ3v) is 7.82. The van der Waals surface area contributed by atoms with E-state index in [4.69, 9.17) is 38.9 Å². The Kier molecular flexibility index (Phi) is 11.2. The molecule has 15 nitrogen and oxygen atoms in total. The number of aliphatic hydroxyl groups is 1. The number of hydrogen-bond acceptors (Lipinski definition) is 9. The van der Waals surface area contributed by atoms with E-state index >= 15 is 0 Å². The molecular weight excluding hydrogens is 618 g/mol. The van der Waals surface area contributed by atoms with Gasteiger partial charge in [0.2, 0.25) is 5.91 Å². The predicted molar refractivity (Wildman–Crippen MR) is 173 cm³/mol. The summed E-state index contributed by atoms with van der Waals surface area (Å²) in [6, 6.07) is 4.25. The molecular formula is C30H37N7O8S. The summed E-state index contributed by atoms with van der Waals surface area (Å²) in [6.45, 7) is -0.0575. The topological polar surface area (TPSA) is 254 Å². The summed E-state index contributed by atoms with van der Waals surface area (Å²) in [7, 11) is 0. The number of carboxylic acid groups (broad SMARTS) is 1. The van der Waals surface area contributed by atoms with Gasteiger partial charge in [-0.15, -0.1) is 0 Å². The van der Waals surface area contributed by atoms with Crippen LogP contribution in [0.2, 0.25) is 0 Å². The summed E-state index contributed by atoms with van der Waals surface area (Å²) in [5, 5.41) is 28.8. The molecule has 1 aromatic rings. The third-order valence-electron chi connectivity index (χ3n) is 7.58. The van der Waals surface area contributed by atoms with E-state index in [1.165, 1.54) is 12.1 Å². The molecule has 4 rings (SSSR count). The Hall–Kier alpha value is -5.12. The number of amides is 2. The average molecular weight is 656 g/mol. The number of aromatic carboxylic acids is 1. The number of Topliss-reactive ketones (excluding diaryl/α,β-unsaturated/α-hetero) is 1. The van der Waals surface area contributed by atoms with Crippen molar-refractivity contribution in [3.63, 3.8) is 0 Å². The second kappa shape index (κ2) is 15.2. The van der Waals surface area contributed by atoms with Crippen LogP contribution >= 0.6 is 12.2 Å². The summed E-state index contributed by atoms with van der Waals surface area (Å²) in [4.78, 5) is 52.2. The number of carbonyl (C=O) groups is 4. The van der Waals surface area contributed by atoms with Crippen molar-refractivity contribution in [2.75, 3.05) is 25.0 Å². The van der Waals surface area contributed by atoms with Crippen molar-refractivity contribution < 1.29 is 38.9 Å². The van der Waals surface area contributed by atoms with Crippen molar-refractivity contribution in [3.8, 4) is 0 Å². The lowest BCUT2D eigenvalue weighted by atomic mass is 9.77. The van der Waals surface area contributed by atoms with Crippen LogP contribution in [0.15, 0.2) is 51.9 Å². The van der Waals surface area contributed by atoms with Gasteiger partial charge in [0.15, 0.2) is 11.1 Å². The summed E-state index contributed by atoms with van der Waals surface area (Å²) in [5.41, 5.74) is 18.9. The highest BCUT2D eigenvalue weighted by Gasteiger charge is 2.37. The number of benzene rings is 1. The number of carboxylic acids is 1. The SMILES string of the molecule is NC(=O)OC[C@H](CCCN=C(N)N)NC(=O)CNC(=S)Nc1ccc(C2=C3CCC(=O)CC3OC3=C2CCC(O)=C3)c(C(=O)O)c1. The van der Waals surface area contributed by atoms with E-state index in [0.717, 1.165) is 16.7 Å². The Bertz CT molecular complexity index is 1550. The van der Waals surface area contributed by atoms with E-state index < -0.39 is 30.1 Å². The van der Waals surface area contributed by atoms with Crippen molar-refractivity contribution in [1.29, 1.82) is 0 Å². The first-order valence-corrected chi connectivity index (χ1v) is 15.1. The van der Waals surface area contributed by atoms with Crippen LogP contribution in [0.4, 0.5) is 10.5 Å². The Morgan fingerprint density at radius 3 is 2.65 bits per heavy atom. The Labute approximate surface area is 269 Å². The minimum atomic E-state index is -1.17. The number of aliphatic hydroxyl groups excluding tert-OH is 1. The molecule has 0 saturated heterocycles. The first-order chi connectivity index (χ1) is 21.9. The number of thiocarbonyl (C=S) groups is 1. The summed E-state index contributed by atoms with van der Waals surface area (Å²) in [5.74, 6) is -1.01. The fraction of sp³-hybridized carbons (Fsp3) is 0.400. The standard InChI is InChI=1S/C30H37N7O8S/c31-28(32)34-9-1-2-16(14-44-29(33)43)36-25(40)13-35-30(46)37-15-3-6-19(22(10-15)27(41)42)26-20-7-4-17(38)11-23(20)45-24-12-18(39)5-8-21(24)26/h3,6,10-11,16,24,38H,1-2,4-5,7-9,12-14H2,(H2,33,43)(H,36,40)(H,41,42)(H4,31,32,34)(H2,35,37,46)/t16-,24?/m0/s1. The monoisotopic (exact) mass is 655 g/mol. The summed E-state index contributed by atoms with van der Waals surface area (Å²) < 4.78 is 10.9. The Morgan fingerprint density at radius 1 is 1.15 bits per heavy atom. The normalized spacial score (nSPS) is 17.8. The molecule has 16 heteroatoms. The molecule has 0 radical (unpaired) electrons. The summed E-state index contributed by atoms with van der Waals surface area (Å²) >= 11 is 5.34. The van der Waals surface area contributed by atoms with Crippen LogP contribution in [-0.4, -0.2) is 76.9 Å². The molecule has 0 aromatic heterocycles.